The van der Waals surface area contributed by atoms with Crippen LogP contribution in [0.4, 0.5) is 19.0 Å². The van der Waals surface area contributed by atoms with E-state index in [2.05, 4.69) is 10.3 Å². The quantitative estimate of drug-likeness (QED) is 0.885. The topological polar surface area (TPSA) is 50.9 Å². The summed E-state index contributed by atoms with van der Waals surface area (Å²) in [6.45, 7) is 3.89. The molecule has 0 unspecified atom stereocenters. The molecular formula is C10H13ClF3N3. The smallest absolute Gasteiger partial charge is 0.363 e. The van der Waals surface area contributed by atoms with Crippen LogP contribution < -0.4 is 11.1 Å². The van der Waals surface area contributed by atoms with Crippen LogP contribution in [0.1, 0.15) is 19.4 Å². The monoisotopic (exact) mass is 267 g/mol. The molecule has 1 heterocycles. The molecule has 96 valence electrons. The van der Waals surface area contributed by atoms with Crippen LogP contribution in [0, 0.1) is 0 Å². The highest BCUT2D eigenvalue weighted by molar-refractivity contribution is 6.33. The van der Waals surface area contributed by atoms with Crippen molar-refractivity contribution >= 4 is 17.4 Å². The summed E-state index contributed by atoms with van der Waals surface area (Å²) in [4.78, 5) is 3.66. The van der Waals surface area contributed by atoms with Gasteiger partial charge in [-0.2, -0.15) is 13.2 Å². The van der Waals surface area contributed by atoms with E-state index in [4.69, 9.17) is 17.3 Å². The molecule has 7 heteroatoms. The lowest BCUT2D eigenvalue weighted by Gasteiger charge is -2.25. The first-order valence-electron chi connectivity index (χ1n) is 4.87. The Morgan fingerprint density at radius 2 is 2.00 bits per heavy atom. The predicted molar refractivity (Wildman–Crippen MR) is 61.0 cm³/mol. The first kappa shape index (κ1) is 14.1. The molecule has 0 saturated heterocycles. The predicted octanol–water partition coefficient (Wildman–Crippen LogP) is 2.90. The molecule has 0 amide bonds. The molecule has 0 aromatic carbocycles. The largest absolute Gasteiger partial charge is 0.417 e. The number of nitrogens with two attached hydrogens (primary N) is 1. The summed E-state index contributed by atoms with van der Waals surface area (Å²) >= 11 is 5.73. The summed E-state index contributed by atoms with van der Waals surface area (Å²) in [5.41, 5.74) is 4.12. The standard InChI is InChI=1S/C10H13ClF3N3/c1-9(2,5-15)17-8-7(11)3-6(4-16-8)10(12,13)14/h3-4H,5,15H2,1-2H3,(H,16,17). The number of aromatic nitrogens is 1. The van der Waals surface area contributed by atoms with E-state index in [1.54, 1.807) is 13.8 Å². The minimum absolute atomic E-state index is 0.0821. The Balaban J connectivity index is 2.99. The van der Waals surface area contributed by atoms with Crippen molar-refractivity contribution in [2.45, 2.75) is 25.6 Å². The number of hydrogen-bond acceptors (Lipinski definition) is 3. The fourth-order valence-electron chi connectivity index (χ4n) is 1.06. The van der Waals surface area contributed by atoms with Crippen LogP contribution in [0.2, 0.25) is 5.02 Å². The Labute approximate surface area is 102 Å². The average Bonchev–Trinajstić information content (AvgIpc) is 2.19. The molecule has 0 aliphatic carbocycles. The lowest BCUT2D eigenvalue weighted by atomic mass is 10.1. The highest BCUT2D eigenvalue weighted by Crippen LogP contribution is 2.32. The SMILES string of the molecule is CC(C)(CN)Nc1ncc(C(F)(F)F)cc1Cl. The second-order valence-electron chi connectivity index (χ2n) is 4.27. The molecular weight excluding hydrogens is 255 g/mol. The fourth-order valence-corrected chi connectivity index (χ4v) is 1.27. The second kappa shape index (κ2) is 4.70. The van der Waals surface area contributed by atoms with E-state index >= 15 is 0 Å². The van der Waals surface area contributed by atoms with Crippen molar-refractivity contribution in [1.29, 1.82) is 0 Å². The van der Waals surface area contributed by atoms with Gasteiger partial charge < -0.3 is 11.1 Å². The van der Waals surface area contributed by atoms with E-state index in [0.29, 0.717) is 6.54 Å². The first-order valence-corrected chi connectivity index (χ1v) is 5.24. The normalized spacial score (nSPS) is 12.6. The number of halogens is 4. The number of nitrogens with one attached hydrogen (secondary N) is 1. The van der Waals surface area contributed by atoms with Crippen LogP contribution in [-0.2, 0) is 6.18 Å². The first-order chi connectivity index (χ1) is 7.65. The second-order valence-corrected chi connectivity index (χ2v) is 4.67. The van der Waals surface area contributed by atoms with E-state index in [1.807, 2.05) is 0 Å². The number of pyridine rings is 1. The molecule has 0 atom stereocenters. The highest BCUT2D eigenvalue weighted by Gasteiger charge is 2.32. The third kappa shape index (κ3) is 3.74. The molecule has 3 nitrogen and oxygen atoms in total. The minimum atomic E-state index is -4.45. The van der Waals surface area contributed by atoms with Crippen LogP contribution in [0.5, 0.6) is 0 Å². The van der Waals surface area contributed by atoms with E-state index in [1.165, 1.54) is 0 Å². The maximum absolute atomic E-state index is 12.4. The molecule has 1 aromatic heterocycles. The zero-order chi connectivity index (χ0) is 13.3. The molecule has 1 rings (SSSR count). The third-order valence-electron chi connectivity index (χ3n) is 2.14. The van der Waals surface area contributed by atoms with Gasteiger partial charge in [-0.05, 0) is 19.9 Å². The molecule has 0 aliphatic rings. The van der Waals surface area contributed by atoms with Gasteiger partial charge in [0.1, 0.15) is 5.82 Å². The van der Waals surface area contributed by atoms with Gasteiger partial charge in [-0.25, -0.2) is 4.98 Å². The fraction of sp³-hybridized carbons (Fsp3) is 0.500. The van der Waals surface area contributed by atoms with Gasteiger partial charge in [0, 0.05) is 18.3 Å². The summed E-state index contributed by atoms with van der Waals surface area (Å²) in [7, 11) is 0. The molecule has 0 radical (unpaired) electrons. The van der Waals surface area contributed by atoms with Crippen molar-refractivity contribution in [3.05, 3.63) is 22.8 Å². The van der Waals surface area contributed by atoms with Crippen molar-refractivity contribution in [3.63, 3.8) is 0 Å². The maximum atomic E-state index is 12.4. The number of alkyl halides is 3. The van der Waals surface area contributed by atoms with Gasteiger partial charge in [0.2, 0.25) is 0 Å². The number of nitrogens with zero attached hydrogens (tertiary/aromatic N) is 1. The van der Waals surface area contributed by atoms with E-state index in [0.717, 1.165) is 12.3 Å². The molecule has 3 N–H and O–H groups in total. The molecule has 17 heavy (non-hydrogen) atoms. The lowest BCUT2D eigenvalue weighted by Crippen LogP contribution is -2.39. The lowest BCUT2D eigenvalue weighted by molar-refractivity contribution is -0.137. The van der Waals surface area contributed by atoms with Crippen LogP contribution in [0.3, 0.4) is 0 Å². The van der Waals surface area contributed by atoms with Crippen LogP contribution in [-0.4, -0.2) is 17.1 Å². The molecule has 1 aromatic rings. The van der Waals surface area contributed by atoms with E-state index < -0.39 is 17.3 Å². The minimum Gasteiger partial charge on any atom is -0.363 e. The number of anilines is 1. The summed E-state index contributed by atoms with van der Waals surface area (Å²) in [5.74, 6) is 0.190. The van der Waals surface area contributed by atoms with Crippen LogP contribution in [0.25, 0.3) is 0 Å². The molecule has 0 spiro atoms. The average molecular weight is 268 g/mol. The van der Waals surface area contributed by atoms with Crippen LogP contribution >= 0.6 is 11.6 Å². The Kier molecular flexibility index (Phi) is 3.88. The maximum Gasteiger partial charge on any atom is 0.417 e. The van der Waals surface area contributed by atoms with Gasteiger partial charge in [-0.15, -0.1) is 0 Å². The summed E-state index contributed by atoms with van der Waals surface area (Å²) < 4.78 is 37.1. The van der Waals surface area contributed by atoms with Gasteiger partial charge in [-0.1, -0.05) is 11.6 Å². The van der Waals surface area contributed by atoms with Gasteiger partial charge in [0.05, 0.1) is 10.6 Å². The molecule has 0 fully saturated rings. The zero-order valence-corrected chi connectivity index (χ0v) is 10.2. The Morgan fingerprint density at radius 1 is 1.41 bits per heavy atom. The van der Waals surface area contributed by atoms with E-state index in [9.17, 15) is 13.2 Å². The third-order valence-corrected chi connectivity index (χ3v) is 2.42. The molecule has 0 bridgehead atoms. The molecule has 0 aliphatic heterocycles. The van der Waals surface area contributed by atoms with Gasteiger partial charge >= 0.3 is 6.18 Å². The Bertz CT molecular complexity index is 404. The van der Waals surface area contributed by atoms with Crippen LogP contribution in [0.15, 0.2) is 12.3 Å². The number of rotatable bonds is 3. The van der Waals surface area contributed by atoms with Crippen molar-refractivity contribution in [2.24, 2.45) is 5.73 Å². The summed E-state index contributed by atoms with van der Waals surface area (Å²) in [6, 6.07) is 0.837. The van der Waals surface area contributed by atoms with Gasteiger partial charge in [0.15, 0.2) is 0 Å². The van der Waals surface area contributed by atoms with E-state index in [-0.39, 0.29) is 10.8 Å². The summed E-state index contributed by atoms with van der Waals surface area (Å²) in [5, 5.41) is 2.80. The van der Waals surface area contributed by atoms with Gasteiger partial charge in [0.25, 0.3) is 0 Å². The molecule has 0 saturated carbocycles. The summed E-state index contributed by atoms with van der Waals surface area (Å²) in [6.07, 6.45) is -3.71. The van der Waals surface area contributed by atoms with Crippen molar-refractivity contribution in [3.8, 4) is 0 Å². The van der Waals surface area contributed by atoms with Crippen molar-refractivity contribution in [2.75, 3.05) is 11.9 Å². The highest BCUT2D eigenvalue weighted by atomic mass is 35.5. The number of hydrogen-bond donors (Lipinski definition) is 2. The van der Waals surface area contributed by atoms with Crippen molar-refractivity contribution < 1.29 is 13.2 Å². The Morgan fingerprint density at radius 3 is 2.41 bits per heavy atom. The zero-order valence-electron chi connectivity index (χ0n) is 9.40. The Hall–Kier alpha value is -1.01. The van der Waals surface area contributed by atoms with Crippen molar-refractivity contribution in [1.82, 2.24) is 4.98 Å². The van der Waals surface area contributed by atoms with Gasteiger partial charge in [-0.3, -0.25) is 0 Å².